The van der Waals surface area contributed by atoms with E-state index in [1.807, 2.05) is 6.07 Å². The fraction of sp³-hybridized carbons (Fsp3) is 0.118. The third-order valence-corrected chi connectivity index (χ3v) is 4.22. The van der Waals surface area contributed by atoms with Gasteiger partial charge in [-0.05, 0) is 42.0 Å². The predicted molar refractivity (Wildman–Crippen MR) is 89.7 cm³/mol. The number of rotatable bonds is 1. The Kier molecular flexibility index (Phi) is 4.23. The fourth-order valence-corrected chi connectivity index (χ4v) is 2.84. The standard InChI is InChI=1S/C17H12BrClO3/c18-12-2-3-13-16(9-12)22-6-5-11(17(13)21)7-10-1-4-15(20)14(19)8-10/h1-4,7-9,20H,5-6H2/b11-7+. The van der Waals surface area contributed by atoms with E-state index in [1.54, 1.807) is 30.3 Å². The summed E-state index contributed by atoms with van der Waals surface area (Å²) >= 11 is 9.28. The molecule has 0 amide bonds. The summed E-state index contributed by atoms with van der Waals surface area (Å²) in [5, 5.41) is 9.72. The zero-order valence-electron chi connectivity index (χ0n) is 11.5. The second-order valence-corrected chi connectivity index (χ2v) is 6.27. The Balaban J connectivity index is 2.00. The van der Waals surface area contributed by atoms with Crippen molar-refractivity contribution in [2.24, 2.45) is 0 Å². The van der Waals surface area contributed by atoms with Crippen LogP contribution >= 0.6 is 27.5 Å². The van der Waals surface area contributed by atoms with Crippen LogP contribution in [0.3, 0.4) is 0 Å². The zero-order valence-corrected chi connectivity index (χ0v) is 13.8. The lowest BCUT2D eigenvalue weighted by molar-refractivity contribution is 0.103. The highest BCUT2D eigenvalue weighted by molar-refractivity contribution is 9.10. The number of fused-ring (bicyclic) bond motifs is 1. The molecule has 2 aromatic carbocycles. The van der Waals surface area contributed by atoms with Crippen molar-refractivity contribution in [1.82, 2.24) is 0 Å². The lowest BCUT2D eigenvalue weighted by atomic mass is 9.99. The maximum Gasteiger partial charge on any atom is 0.192 e. The molecule has 1 aliphatic rings. The van der Waals surface area contributed by atoms with Crippen LogP contribution in [-0.2, 0) is 0 Å². The predicted octanol–water partition coefficient (Wildman–Crippen LogP) is 4.86. The van der Waals surface area contributed by atoms with Gasteiger partial charge in [-0.1, -0.05) is 33.6 Å². The molecular weight excluding hydrogens is 368 g/mol. The number of halogens is 2. The first-order chi connectivity index (χ1) is 10.5. The highest BCUT2D eigenvalue weighted by Crippen LogP contribution is 2.31. The van der Waals surface area contributed by atoms with Crippen LogP contribution in [0, 0.1) is 0 Å². The number of ether oxygens (including phenoxy) is 1. The van der Waals surface area contributed by atoms with E-state index in [1.165, 1.54) is 6.07 Å². The second-order valence-electron chi connectivity index (χ2n) is 4.95. The molecule has 22 heavy (non-hydrogen) atoms. The van der Waals surface area contributed by atoms with Crippen LogP contribution in [-0.4, -0.2) is 17.5 Å². The van der Waals surface area contributed by atoms with Crippen molar-refractivity contribution in [2.75, 3.05) is 6.61 Å². The van der Waals surface area contributed by atoms with E-state index in [9.17, 15) is 9.90 Å². The monoisotopic (exact) mass is 378 g/mol. The van der Waals surface area contributed by atoms with Crippen LogP contribution in [0.5, 0.6) is 11.5 Å². The van der Waals surface area contributed by atoms with Crippen LogP contribution < -0.4 is 4.74 Å². The number of carbonyl (C=O) groups excluding carboxylic acids is 1. The van der Waals surface area contributed by atoms with E-state index >= 15 is 0 Å². The first-order valence-corrected chi connectivity index (χ1v) is 7.88. The molecule has 0 fully saturated rings. The Bertz CT molecular complexity index is 783. The molecule has 2 aromatic rings. The van der Waals surface area contributed by atoms with E-state index in [2.05, 4.69) is 15.9 Å². The quantitative estimate of drug-likeness (QED) is 0.720. The highest BCUT2D eigenvalue weighted by atomic mass is 79.9. The number of phenols is 1. The summed E-state index contributed by atoms with van der Waals surface area (Å²) in [6.07, 6.45) is 2.30. The molecule has 0 saturated heterocycles. The van der Waals surface area contributed by atoms with Gasteiger partial charge in [0.1, 0.15) is 11.5 Å². The molecule has 1 N–H and O–H groups in total. The van der Waals surface area contributed by atoms with E-state index < -0.39 is 0 Å². The summed E-state index contributed by atoms with van der Waals surface area (Å²) in [6, 6.07) is 10.2. The molecule has 3 nitrogen and oxygen atoms in total. The zero-order chi connectivity index (χ0) is 15.7. The van der Waals surface area contributed by atoms with E-state index in [-0.39, 0.29) is 16.6 Å². The normalized spacial score (nSPS) is 16.1. The maximum atomic E-state index is 12.7. The first-order valence-electron chi connectivity index (χ1n) is 6.71. The van der Waals surface area contributed by atoms with Crippen LogP contribution in [0.2, 0.25) is 5.02 Å². The lowest BCUT2D eigenvalue weighted by Crippen LogP contribution is -2.02. The van der Waals surface area contributed by atoms with Gasteiger partial charge in [0.15, 0.2) is 5.78 Å². The van der Waals surface area contributed by atoms with Crippen molar-refractivity contribution in [3.05, 3.63) is 62.6 Å². The number of aromatic hydroxyl groups is 1. The second kappa shape index (κ2) is 6.15. The molecule has 0 saturated carbocycles. The summed E-state index contributed by atoms with van der Waals surface area (Å²) in [6.45, 7) is 0.437. The van der Waals surface area contributed by atoms with Gasteiger partial charge in [0.2, 0.25) is 0 Å². The third-order valence-electron chi connectivity index (χ3n) is 3.42. The number of carbonyl (C=O) groups is 1. The van der Waals surface area contributed by atoms with Gasteiger partial charge in [-0.2, -0.15) is 0 Å². The molecule has 0 spiro atoms. The molecule has 0 bridgehead atoms. The molecule has 0 radical (unpaired) electrons. The highest BCUT2D eigenvalue weighted by Gasteiger charge is 2.21. The minimum absolute atomic E-state index is 0.0227. The molecule has 0 aliphatic carbocycles. The SMILES string of the molecule is O=C1/C(=C/c2ccc(O)c(Cl)c2)CCOc2cc(Br)ccc21. The third kappa shape index (κ3) is 3.03. The molecule has 0 aromatic heterocycles. The molecule has 5 heteroatoms. The van der Waals surface area contributed by atoms with Crippen molar-refractivity contribution in [3.63, 3.8) is 0 Å². The van der Waals surface area contributed by atoms with Gasteiger partial charge in [-0.3, -0.25) is 4.79 Å². The largest absolute Gasteiger partial charge is 0.506 e. The van der Waals surface area contributed by atoms with Crippen molar-refractivity contribution in [3.8, 4) is 11.5 Å². The summed E-state index contributed by atoms with van der Waals surface area (Å²) in [5.41, 5.74) is 1.98. The summed E-state index contributed by atoms with van der Waals surface area (Å²) in [5.74, 6) is 0.560. The minimum Gasteiger partial charge on any atom is -0.506 e. The maximum absolute atomic E-state index is 12.7. The Morgan fingerprint density at radius 1 is 1.23 bits per heavy atom. The van der Waals surface area contributed by atoms with Gasteiger partial charge in [0.05, 0.1) is 17.2 Å². The number of phenolic OH excluding ortho intramolecular Hbond substituents is 1. The van der Waals surface area contributed by atoms with Crippen molar-refractivity contribution in [1.29, 1.82) is 0 Å². The lowest BCUT2D eigenvalue weighted by Gasteiger charge is -2.05. The number of benzene rings is 2. The molecule has 3 rings (SSSR count). The van der Waals surface area contributed by atoms with Crippen LogP contribution in [0.4, 0.5) is 0 Å². The molecule has 0 unspecified atom stereocenters. The van der Waals surface area contributed by atoms with E-state index in [4.69, 9.17) is 16.3 Å². The number of ketones is 1. The van der Waals surface area contributed by atoms with Crippen molar-refractivity contribution in [2.45, 2.75) is 6.42 Å². The smallest absolute Gasteiger partial charge is 0.192 e. The Morgan fingerprint density at radius 2 is 2.05 bits per heavy atom. The molecule has 0 atom stereocenters. The van der Waals surface area contributed by atoms with Crippen molar-refractivity contribution >= 4 is 39.4 Å². The van der Waals surface area contributed by atoms with Gasteiger partial charge in [0.25, 0.3) is 0 Å². The van der Waals surface area contributed by atoms with Gasteiger partial charge >= 0.3 is 0 Å². The Hall–Kier alpha value is -1.78. The molecule has 1 heterocycles. The summed E-state index contributed by atoms with van der Waals surface area (Å²) in [4.78, 5) is 12.7. The van der Waals surface area contributed by atoms with E-state index in [0.717, 1.165) is 10.0 Å². The number of hydrogen-bond acceptors (Lipinski definition) is 3. The number of hydrogen-bond donors (Lipinski definition) is 1. The average molecular weight is 380 g/mol. The van der Waals surface area contributed by atoms with Gasteiger partial charge in [0, 0.05) is 16.5 Å². The minimum atomic E-state index is -0.0517. The van der Waals surface area contributed by atoms with Gasteiger partial charge < -0.3 is 9.84 Å². The average Bonchev–Trinajstić information content (AvgIpc) is 2.63. The Morgan fingerprint density at radius 3 is 2.82 bits per heavy atom. The summed E-state index contributed by atoms with van der Waals surface area (Å²) in [7, 11) is 0. The first kappa shape index (κ1) is 15.1. The van der Waals surface area contributed by atoms with Gasteiger partial charge in [-0.15, -0.1) is 0 Å². The summed E-state index contributed by atoms with van der Waals surface area (Å²) < 4.78 is 6.52. The molecule has 1 aliphatic heterocycles. The van der Waals surface area contributed by atoms with Crippen LogP contribution in [0.25, 0.3) is 6.08 Å². The van der Waals surface area contributed by atoms with Crippen LogP contribution in [0.15, 0.2) is 46.4 Å². The molecular formula is C17H12BrClO3. The fourth-order valence-electron chi connectivity index (χ4n) is 2.31. The molecule has 112 valence electrons. The van der Waals surface area contributed by atoms with E-state index in [0.29, 0.717) is 29.9 Å². The van der Waals surface area contributed by atoms with Gasteiger partial charge in [-0.25, -0.2) is 0 Å². The Labute approximate surface area is 141 Å². The number of Topliss-reactive ketones (excluding diaryl/α,β-unsaturated/α-hetero) is 1. The van der Waals surface area contributed by atoms with Crippen molar-refractivity contribution < 1.29 is 14.6 Å². The topological polar surface area (TPSA) is 46.5 Å². The van der Waals surface area contributed by atoms with Crippen LogP contribution in [0.1, 0.15) is 22.3 Å².